The average Bonchev–Trinajstić information content (AvgIpc) is 2.88. The molecule has 0 saturated carbocycles. The Hall–Kier alpha value is -3.54. The molecular formula is C23H26BN7O3. The molecule has 1 amide bonds. The number of aromatic nitrogens is 3. The van der Waals surface area contributed by atoms with Crippen molar-refractivity contribution >= 4 is 31.1 Å². The molecule has 4 rings (SSSR count). The number of nitrogens with two attached hydrogens (primary N) is 1. The van der Waals surface area contributed by atoms with Crippen molar-refractivity contribution in [2.45, 2.75) is 12.5 Å². The van der Waals surface area contributed by atoms with E-state index >= 15 is 0 Å². The highest BCUT2D eigenvalue weighted by Gasteiger charge is 2.25. The summed E-state index contributed by atoms with van der Waals surface area (Å²) >= 11 is 0. The fourth-order valence-corrected chi connectivity index (χ4v) is 3.80. The normalized spacial score (nSPS) is 15.8. The van der Waals surface area contributed by atoms with Gasteiger partial charge in [-0.3, -0.25) is 9.78 Å². The highest BCUT2D eigenvalue weighted by molar-refractivity contribution is 6.07. The van der Waals surface area contributed by atoms with Gasteiger partial charge in [0.05, 0.1) is 55.3 Å². The minimum atomic E-state index is -0.499. The molecule has 34 heavy (non-hydrogen) atoms. The van der Waals surface area contributed by atoms with Crippen LogP contribution in [-0.4, -0.2) is 72.9 Å². The molecule has 1 unspecified atom stereocenters. The number of carbonyl (C=O) groups is 1. The van der Waals surface area contributed by atoms with Crippen LogP contribution >= 0.6 is 0 Å². The molecule has 1 saturated heterocycles. The number of carbonyl (C=O) groups excluding carboxylic acids is 1. The lowest BCUT2D eigenvalue weighted by Gasteiger charge is -2.37. The van der Waals surface area contributed by atoms with Crippen LogP contribution in [-0.2, 0) is 11.2 Å². The molecule has 1 aliphatic rings. The van der Waals surface area contributed by atoms with Crippen molar-refractivity contribution in [1.82, 2.24) is 20.2 Å². The van der Waals surface area contributed by atoms with E-state index in [0.717, 1.165) is 23.2 Å². The van der Waals surface area contributed by atoms with E-state index in [0.29, 0.717) is 37.7 Å². The molecule has 174 valence electrons. The molecule has 1 aromatic carbocycles. The van der Waals surface area contributed by atoms with Crippen molar-refractivity contribution in [1.29, 1.82) is 0 Å². The number of benzene rings is 1. The van der Waals surface area contributed by atoms with E-state index in [9.17, 15) is 9.90 Å². The van der Waals surface area contributed by atoms with Gasteiger partial charge in [-0.25, -0.2) is 9.97 Å². The number of nitrogen functional groups attached to an aromatic ring is 1. The van der Waals surface area contributed by atoms with Gasteiger partial charge < -0.3 is 31.0 Å². The van der Waals surface area contributed by atoms with Gasteiger partial charge in [0.1, 0.15) is 0 Å². The summed E-state index contributed by atoms with van der Waals surface area (Å²) in [4.78, 5) is 27.9. The molecule has 0 bridgehead atoms. The maximum atomic E-state index is 13.1. The molecule has 2 radical (unpaired) electrons. The molecule has 5 N–H and O–H groups in total. The molecule has 11 heteroatoms. The van der Waals surface area contributed by atoms with Gasteiger partial charge in [0.2, 0.25) is 0 Å². The number of hydrogen-bond donors (Lipinski definition) is 4. The number of amides is 1. The summed E-state index contributed by atoms with van der Waals surface area (Å²) in [6.07, 6.45) is 5.53. The third kappa shape index (κ3) is 5.33. The Morgan fingerprint density at radius 3 is 2.85 bits per heavy atom. The smallest absolute Gasteiger partial charge is 0.278 e. The zero-order valence-corrected chi connectivity index (χ0v) is 18.6. The van der Waals surface area contributed by atoms with Gasteiger partial charge in [0, 0.05) is 18.3 Å². The number of hydrogen-bond acceptors (Lipinski definition) is 9. The van der Waals surface area contributed by atoms with Crippen LogP contribution in [0.4, 0.5) is 17.2 Å². The van der Waals surface area contributed by atoms with Crippen LogP contribution in [0.1, 0.15) is 16.1 Å². The lowest BCUT2D eigenvalue weighted by molar-refractivity contribution is 0.0728. The van der Waals surface area contributed by atoms with E-state index in [4.69, 9.17) is 18.5 Å². The Kier molecular flexibility index (Phi) is 7.68. The lowest BCUT2D eigenvalue weighted by Crippen LogP contribution is -2.48. The molecule has 1 atom stereocenters. The quantitative estimate of drug-likeness (QED) is 0.360. The maximum Gasteiger partial charge on any atom is 0.278 e. The van der Waals surface area contributed by atoms with E-state index in [2.05, 4.69) is 25.5 Å². The molecule has 0 spiro atoms. The molecule has 3 aromatic rings. The van der Waals surface area contributed by atoms with Crippen molar-refractivity contribution in [2.75, 3.05) is 48.9 Å². The number of pyridine rings is 1. The number of rotatable bonds is 8. The Morgan fingerprint density at radius 2 is 2.09 bits per heavy atom. The minimum absolute atomic E-state index is 0.0180. The number of aliphatic hydroxyl groups is 1. The summed E-state index contributed by atoms with van der Waals surface area (Å²) in [5.74, 6) is -0.475. The first kappa shape index (κ1) is 23.6. The van der Waals surface area contributed by atoms with E-state index in [1.165, 1.54) is 6.20 Å². The monoisotopic (exact) mass is 459 g/mol. The molecule has 2 aromatic heterocycles. The Labute approximate surface area is 199 Å². The van der Waals surface area contributed by atoms with E-state index in [1.54, 1.807) is 18.5 Å². The molecule has 0 aliphatic carbocycles. The third-order valence-corrected chi connectivity index (χ3v) is 5.62. The Morgan fingerprint density at radius 1 is 1.26 bits per heavy atom. The predicted octanol–water partition coefficient (Wildman–Crippen LogP) is 0.786. The van der Waals surface area contributed by atoms with Crippen LogP contribution in [0.3, 0.4) is 0 Å². The number of anilines is 3. The average molecular weight is 459 g/mol. The summed E-state index contributed by atoms with van der Waals surface area (Å²) in [7, 11) is 5.34. The van der Waals surface area contributed by atoms with Crippen molar-refractivity contribution in [3.05, 3.63) is 60.2 Å². The summed E-state index contributed by atoms with van der Waals surface area (Å²) < 4.78 is 5.46. The summed E-state index contributed by atoms with van der Waals surface area (Å²) in [6, 6.07) is 9.36. The van der Waals surface area contributed by atoms with Crippen molar-refractivity contribution in [3.8, 4) is 11.3 Å². The van der Waals surface area contributed by atoms with Crippen molar-refractivity contribution < 1.29 is 14.6 Å². The largest absolute Gasteiger partial charge is 0.394 e. The highest BCUT2D eigenvalue weighted by Crippen LogP contribution is 2.28. The highest BCUT2D eigenvalue weighted by atomic mass is 16.5. The number of nitrogens with zero attached hydrogens (tertiary/aromatic N) is 4. The van der Waals surface area contributed by atoms with Gasteiger partial charge in [-0.05, 0) is 24.6 Å². The second kappa shape index (κ2) is 11.1. The van der Waals surface area contributed by atoms with Gasteiger partial charge >= 0.3 is 0 Å². The number of morpholine rings is 1. The first-order chi connectivity index (χ1) is 16.6. The van der Waals surface area contributed by atoms with E-state index in [-0.39, 0.29) is 24.2 Å². The van der Waals surface area contributed by atoms with Crippen LogP contribution in [0.15, 0.2) is 48.9 Å². The Balaban J connectivity index is 1.56. The van der Waals surface area contributed by atoms with Crippen molar-refractivity contribution in [3.63, 3.8) is 0 Å². The molecule has 10 nitrogen and oxygen atoms in total. The second-order valence-corrected chi connectivity index (χ2v) is 7.84. The molecule has 1 fully saturated rings. The number of aliphatic hydroxyl groups excluding tert-OH is 1. The van der Waals surface area contributed by atoms with Gasteiger partial charge in [-0.1, -0.05) is 24.3 Å². The van der Waals surface area contributed by atoms with Crippen LogP contribution in [0.2, 0.25) is 0 Å². The summed E-state index contributed by atoms with van der Waals surface area (Å²) in [5.41, 5.74) is 9.69. The first-order valence-corrected chi connectivity index (χ1v) is 11.0. The Bertz CT molecular complexity index is 1130. The zero-order valence-electron chi connectivity index (χ0n) is 18.6. The SMILES string of the molecule is [B]NCCc1ccc(-c2cnc(N)c(C(=O)Nc3cnccc3N3CCOCC3CO)n2)cc1. The van der Waals surface area contributed by atoms with Crippen LogP contribution in [0.25, 0.3) is 11.3 Å². The van der Waals surface area contributed by atoms with Crippen LogP contribution < -0.4 is 21.2 Å². The minimum Gasteiger partial charge on any atom is -0.394 e. The fraction of sp³-hybridized carbons (Fsp3) is 0.304. The van der Waals surface area contributed by atoms with Gasteiger partial charge in [-0.15, -0.1) is 0 Å². The lowest BCUT2D eigenvalue weighted by atomic mass is 10.1. The summed E-state index contributed by atoms with van der Waals surface area (Å²) in [6.45, 7) is 2.10. The second-order valence-electron chi connectivity index (χ2n) is 7.84. The topological polar surface area (TPSA) is 139 Å². The third-order valence-electron chi connectivity index (χ3n) is 5.62. The molecular weight excluding hydrogens is 433 g/mol. The number of nitrogens with one attached hydrogen (secondary N) is 2. The number of ether oxygens (including phenoxy) is 1. The predicted molar refractivity (Wildman–Crippen MR) is 131 cm³/mol. The first-order valence-electron chi connectivity index (χ1n) is 11.0. The standard InChI is InChI=1S/C23H26BN7O3/c24-28-8-5-15-1-3-16(4-2-15)18-12-27-22(25)21(29-18)23(33)30-19-11-26-7-6-20(19)31-9-10-34-14-17(31)13-32/h1-4,6-7,11-12,17,28,32H,5,8-10,13-14H2,(H2,25,27)(H,30,33). The van der Waals surface area contributed by atoms with E-state index < -0.39 is 5.91 Å². The summed E-state index contributed by atoms with van der Waals surface area (Å²) in [5, 5.41) is 15.2. The zero-order chi connectivity index (χ0) is 23.9. The van der Waals surface area contributed by atoms with Crippen molar-refractivity contribution in [2.24, 2.45) is 0 Å². The van der Waals surface area contributed by atoms with Gasteiger partial charge in [0.25, 0.3) is 5.91 Å². The maximum absolute atomic E-state index is 13.1. The van der Waals surface area contributed by atoms with Crippen LogP contribution in [0, 0.1) is 0 Å². The molecule has 3 heterocycles. The fourth-order valence-electron chi connectivity index (χ4n) is 3.80. The molecule has 1 aliphatic heterocycles. The van der Waals surface area contributed by atoms with Gasteiger partial charge in [-0.2, -0.15) is 0 Å². The van der Waals surface area contributed by atoms with Gasteiger partial charge in [0.15, 0.2) is 19.5 Å². The van der Waals surface area contributed by atoms with Crippen LogP contribution in [0.5, 0.6) is 0 Å². The van der Waals surface area contributed by atoms with E-state index in [1.807, 2.05) is 29.2 Å².